The van der Waals surface area contributed by atoms with Crippen LogP contribution >= 0.6 is 0 Å². The van der Waals surface area contributed by atoms with Crippen LogP contribution in [0.1, 0.15) is 102 Å². The molecule has 3 saturated heterocycles. The smallest absolute Gasteiger partial charge is 0.311 e. The van der Waals surface area contributed by atoms with Crippen molar-refractivity contribution in [2.75, 3.05) is 7.11 Å². The second-order valence-corrected chi connectivity index (χ2v) is 14.9. The molecule has 2 aromatic carbocycles. The summed E-state index contributed by atoms with van der Waals surface area (Å²) in [5, 5.41) is 12.3. The molecule has 8 heteroatoms. The van der Waals surface area contributed by atoms with Crippen LogP contribution in [-0.2, 0) is 28.5 Å². The van der Waals surface area contributed by atoms with Crippen LogP contribution in [0.25, 0.3) is 0 Å². The number of hydrogen-bond acceptors (Lipinski definition) is 8. The predicted octanol–water partition coefficient (Wildman–Crippen LogP) is 7.54. The van der Waals surface area contributed by atoms with E-state index in [2.05, 4.69) is 60.6 Å². The molecule has 0 amide bonds. The van der Waals surface area contributed by atoms with Gasteiger partial charge in [0.25, 0.3) is 0 Å². The minimum Gasteiger partial charge on any atom is -0.497 e. The first-order valence-electron chi connectivity index (χ1n) is 17.4. The zero-order chi connectivity index (χ0) is 34.4. The molecule has 3 aliphatic heterocycles. The molecule has 2 aromatic rings. The Labute approximate surface area is 281 Å². The third-order valence-corrected chi connectivity index (χ3v) is 11.1. The van der Waals surface area contributed by atoms with E-state index in [1.807, 2.05) is 45.0 Å². The van der Waals surface area contributed by atoms with Gasteiger partial charge in [-0.1, -0.05) is 64.4 Å². The lowest BCUT2D eigenvalue weighted by Crippen LogP contribution is -2.58. The summed E-state index contributed by atoms with van der Waals surface area (Å²) in [4.78, 5) is 14.0. The molecule has 0 aromatic heterocycles. The van der Waals surface area contributed by atoms with Crippen LogP contribution in [0, 0.1) is 50.4 Å². The number of carbonyl (C=O) groups is 1. The fourth-order valence-electron chi connectivity index (χ4n) is 8.69. The van der Waals surface area contributed by atoms with Gasteiger partial charge in [-0.15, -0.1) is 0 Å². The monoisotopic (exact) mass is 652 g/mol. The van der Waals surface area contributed by atoms with E-state index < -0.39 is 36.3 Å². The van der Waals surface area contributed by atoms with Gasteiger partial charge in [0.15, 0.2) is 12.6 Å². The van der Waals surface area contributed by atoms with E-state index in [1.54, 1.807) is 7.11 Å². The van der Waals surface area contributed by atoms with E-state index in [0.29, 0.717) is 12.8 Å². The second-order valence-electron chi connectivity index (χ2n) is 14.9. The van der Waals surface area contributed by atoms with Crippen molar-refractivity contribution in [2.45, 2.75) is 131 Å². The van der Waals surface area contributed by atoms with Crippen molar-refractivity contribution >= 4 is 5.97 Å². The van der Waals surface area contributed by atoms with Gasteiger partial charge in [0.05, 0.1) is 43.0 Å². The number of esters is 1. The number of benzene rings is 2. The molecule has 3 heterocycles. The minimum absolute atomic E-state index is 0.0287. The lowest BCUT2D eigenvalue weighted by atomic mass is 9.73. The molecule has 0 spiro atoms. The molecule has 0 saturated carbocycles. The predicted molar refractivity (Wildman–Crippen MR) is 180 cm³/mol. The molecular formula is C39H56O8. The number of hydrogen-bond donors (Lipinski definition) is 1. The number of methoxy groups -OCH3 is 1. The summed E-state index contributed by atoms with van der Waals surface area (Å²) in [5.74, 6) is -0.684. The summed E-state index contributed by atoms with van der Waals surface area (Å²) in [6, 6.07) is 11.8. The van der Waals surface area contributed by atoms with E-state index in [-0.39, 0.29) is 48.0 Å². The minimum atomic E-state index is -1.26. The van der Waals surface area contributed by atoms with Gasteiger partial charge in [-0.05, 0) is 76.6 Å². The number of ether oxygens (including phenoxy) is 6. The Balaban J connectivity index is 1.56. The van der Waals surface area contributed by atoms with E-state index in [1.165, 1.54) is 5.56 Å². The van der Waals surface area contributed by atoms with E-state index in [9.17, 15) is 9.90 Å². The number of aryl methyl sites for hydroxylation is 3. The quantitative estimate of drug-likeness (QED) is 0.339. The Morgan fingerprint density at radius 2 is 1.43 bits per heavy atom. The summed E-state index contributed by atoms with van der Waals surface area (Å²) >= 11 is 0. The number of fused-ring (bicyclic) bond motifs is 4. The van der Waals surface area contributed by atoms with Crippen LogP contribution in [-0.4, -0.2) is 54.3 Å². The SMILES string of the molecule is CC[C@H]1OC(=O)[C@H](C)[C@H]2OC(c3ccc(OC)cc3)O[C@H]([C@@H]2C)[C@](C)(O)C[C@@H](C)[C@@H]2OC(c3c(C)cc(C)cc3C)O[C@@H](C2C)[C@H]1C. The molecule has 5 rings (SSSR count). The van der Waals surface area contributed by atoms with Crippen molar-refractivity contribution in [1.82, 2.24) is 0 Å². The first kappa shape index (κ1) is 35.8. The van der Waals surface area contributed by atoms with Gasteiger partial charge in [-0.3, -0.25) is 4.79 Å². The van der Waals surface area contributed by atoms with Crippen molar-refractivity contribution in [1.29, 1.82) is 0 Å². The topological polar surface area (TPSA) is 92.7 Å². The standard InChI is InChI=1S/C39H56O8/c1-12-30-24(6)33-25(7)32(44-38(46-33)31-21(3)17-20(2)18-22(31)4)23(5)19-39(10,41)35-26(8)34(27(9)36(40)43-30)45-37(47-35)28-13-15-29(42-11)16-14-28/h13-18,23-27,30,32-35,37-38,41H,12,19H2,1-11H3/t23-,24+,25?,26-,27-,30-,32+,33-,34+,35-,37?,38?,39-/m1/s1. The highest BCUT2D eigenvalue weighted by atomic mass is 16.7. The van der Waals surface area contributed by atoms with Crippen LogP contribution in [0.3, 0.4) is 0 Å². The number of rotatable bonds is 4. The summed E-state index contributed by atoms with van der Waals surface area (Å²) in [5.41, 5.74) is 3.99. The number of cyclic esters (lactones) is 1. The first-order valence-corrected chi connectivity index (χ1v) is 17.4. The normalized spacial score (nSPS) is 39.9. The summed E-state index contributed by atoms with van der Waals surface area (Å²) in [7, 11) is 1.62. The van der Waals surface area contributed by atoms with Crippen molar-refractivity contribution in [3.05, 3.63) is 64.2 Å². The summed E-state index contributed by atoms with van der Waals surface area (Å²) < 4.78 is 38.6. The Hall–Kier alpha value is -2.49. The van der Waals surface area contributed by atoms with Crippen molar-refractivity contribution < 1.29 is 38.3 Å². The summed E-state index contributed by atoms with van der Waals surface area (Å²) in [6.45, 7) is 20.5. The Kier molecular flexibility index (Phi) is 10.8. The highest BCUT2D eigenvalue weighted by molar-refractivity contribution is 5.73. The van der Waals surface area contributed by atoms with E-state index in [4.69, 9.17) is 28.4 Å². The van der Waals surface area contributed by atoms with Crippen LogP contribution < -0.4 is 4.74 Å². The lowest BCUT2D eigenvalue weighted by Gasteiger charge is -2.51. The Morgan fingerprint density at radius 1 is 0.830 bits per heavy atom. The van der Waals surface area contributed by atoms with Gasteiger partial charge >= 0.3 is 5.97 Å². The molecule has 3 fully saturated rings. The zero-order valence-corrected chi connectivity index (χ0v) is 30.1. The average Bonchev–Trinajstić information content (AvgIpc) is 3.02. The van der Waals surface area contributed by atoms with Gasteiger partial charge in [-0.25, -0.2) is 0 Å². The second kappa shape index (κ2) is 14.2. The fourth-order valence-corrected chi connectivity index (χ4v) is 8.69. The maximum Gasteiger partial charge on any atom is 0.311 e. The number of aliphatic hydroxyl groups is 1. The molecule has 1 N–H and O–H groups in total. The van der Waals surface area contributed by atoms with E-state index in [0.717, 1.165) is 28.0 Å². The molecule has 8 nitrogen and oxygen atoms in total. The Morgan fingerprint density at radius 3 is 2.02 bits per heavy atom. The Bertz CT molecular complexity index is 1360. The van der Waals surface area contributed by atoms with Gasteiger partial charge in [-0.2, -0.15) is 0 Å². The molecule has 3 aliphatic rings. The third-order valence-electron chi connectivity index (χ3n) is 11.1. The zero-order valence-electron chi connectivity index (χ0n) is 30.1. The largest absolute Gasteiger partial charge is 0.497 e. The average molecular weight is 653 g/mol. The van der Waals surface area contributed by atoms with Crippen LogP contribution in [0.2, 0.25) is 0 Å². The third kappa shape index (κ3) is 7.13. The van der Waals surface area contributed by atoms with Gasteiger partial charge in [0.1, 0.15) is 11.9 Å². The van der Waals surface area contributed by atoms with Gasteiger partial charge in [0.2, 0.25) is 0 Å². The molecular weight excluding hydrogens is 596 g/mol. The molecule has 0 aliphatic carbocycles. The fraction of sp³-hybridized carbons (Fsp3) is 0.667. The van der Waals surface area contributed by atoms with Crippen LogP contribution in [0.4, 0.5) is 0 Å². The van der Waals surface area contributed by atoms with Gasteiger partial charge < -0.3 is 33.5 Å². The van der Waals surface area contributed by atoms with E-state index >= 15 is 0 Å². The molecule has 4 bridgehead atoms. The summed E-state index contributed by atoms with van der Waals surface area (Å²) in [6.07, 6.45) is -2.30. The molecule has 260 valence electrons. The lowest BCUT2D eigenvalue weighted by molar-refractivity contribution is -0.320. The maximum atomic E-state index is 14.0. The molecule has 13 atom stereocenters. The number of carbonyl (C=O) groups excluding carboxylic acids is 1. The van der Waals surface area contributed by atoms with Gasteiger partial charge in [0, 0.05) is 28.9 Å². The molecule has 3 unspecified atom stereocenters. The molecule has 0 radical (unpaired) electrons. The molecule has 47 heavy (non-hydrogen) atoms. The van der Waals surface area contributed by atoms with Crippen molar-refractivity contribution in [2.24, 2.45) is 29.6 Å². The van der Waals surface area contributed by atoms with Crippen molar-refractivity contribution in [3.63, 3.8) is 0 Å². The highest BCUT2D eigenvalue weighted by Gasteiger charge is 2.52. The van der Waals surface area contributed by atoms with Crippen LogP contribution in [0.15, 0.2) is 36.4 Å². The van der Waals surface area contributed by atoms with Crippen molar-refractivity contribution in [3.8, 4) is 5.75 Å². The van der Waals surface area contributed by atoms with Crippen LogP contribution in [0.5, 0.6) is 5.75 Å². The maximum absolute atomic E-state index is 14.0. The first-order chi connectivity index (χ1) is 22.2. The highest BCUT2D eigenvalue weighted by Crippen LogP contribution is 2.47.